The van der Waals surface area contributed by atoms with Gasteiger partial charge in [0.15, 0.2) is 15.9 Å². The molecule has 3 rings (SSSR count). The Hall–Kier alpha value is -1.56. The van der Waals surface area contributed by atoms with Crippen LogP contribution in [0.1, 0.15) is 11.1 Å². The maximum Gasteiger partial charge on any atom is 0.715 e. The number of phenols is 1. The minimum Gasteiger partial charge on any atom is -0.506 e. The zero-order valence-corrected chi connectivity index (χ0v) is 64.6. The van der Waals surface area contributed by atoms with Gasteiger partial charge in [-0.2, -0.15) is 75.8 Å². The molecule has 0 bridgehead atoms. The Morgan fingerprint density at radius 2 is 1.01 bits per heavy atom. The first-order valence-electron chi connectivity index (χ1n) is 23.8. The van der Waals surface area contributed by atoms with Gasteiger partial charge in [-0.05, 0) is 41.7 Å². The zero-order chi connectivity index (χ0) is 81.5. The van der Waals surface area contributed by atoms with Crippen LogP contribution in [0.25, 0.3) is 0 Å². The highest BCUT2D eigenvalue weighted by molar-refractivity contribution is 7.96. The van der Waals surface area contributed by atoms with Crippen LogP contribution in [0, 0.1) is 6.92 Å². The predicted octanol–water partition coefficient (Wildman–Crippen LogP) is -16.3. The Bertz CT molecular complexity index is 4130. The second-order valence-corrected chi connectivity index (χ2v) is 43.0. The Balaban J connectivity index is 0.0000182. The number of benzene rings is 1. The summed E-state index contributed by atoms with van der Waals surface area (Å²) < 4.78 is 357. The first kappa shape index (κ1) is 98.5. The highest BCUT2D eigenvalue weighted by atomic mass is 32.3. The van der Waals surface area contributed by atoms with E-state index in [4.69, 9.17) is 19.3 Å². The third-order valence-electron chi connectivity index (χ3n) is 10.6. The molecule has 65 nitrogen and oxygen atoms in total. The van der Waals surface area contributed by atoms with E-state index < -0.39 is 262 Å². The Kier molecular flexibility index (Phi) is 34.6. The smallest absolute Gasteiger partial charge is 0.506 e. The van der Waals surface area contributed by atoms with Gasteiger partial charge in [-0.1, -0.05) is 0 Å². The number of nitrogens with zero attached hydrogens (tertiary/aromatic N) is 1. The van der Waals surface area contributed by atoms with Gasteiger partial charge in [0, 0.05) is 19.7 Å². The van der Waals surface area contributed by atoms with Crippen molar-refractivity contribution in [2.75, 3.05) is 39.3 Å². The van der Waals surface area contributed by atoms with Crippen LogP contribution in [0.15, 0.2) is 12.1 Å². The molecule has 0 saturated carbocycles. The van der Waals surface area contributed by atoms with Gasteiger partial charge < -0.3 is 108 Å². The van der Waals surface area contributed by atoms with Gasteiger partial charge in [0.2, 0.25) is 4.93 Å². The third-order valence-corrected chi connectivity index (χ3v) is 32.9. The average Bonchev–Trinajstić information content (AvgIpc) is 0.693. The summed E-state index contributed by atoms with van der Waals surface area (Å²) in [6.45, 7) is -3.82. The van der Waals surface area contributed by atoms with Crippen molar-refractivity contribution in [1.82, 2.24) is 0 Å². The maximum absolute atomic E-state index is 14.3. The molecule has 0 spiro atoms. The average molecular weight is 1870 g/mol. The van der Waals surface area contributed by atoms with Crippen LogP contribution in [-0.4, -0.2) is 333 Å². The second kappa shape index (κ2) is 36.5. The molecule has 82 heteroatoms. The molecule has 0 amide bonds. The van der Waals surface area contributed by atoms with Crippen LogP contribution < -0.4 is 10.6 Å². The van der Waals surface area contributed by atoms with Crippen molar-refractivity contribution in [2.24, 2.45) is 5.73 Å². The number of rotatable bonds is 43. The van der Waals surface area contributed by atoms with E-state index in [1.54, 1.807) is 0 Å². The van der Waals surface area contributed by atoms with Gasteiger partial charge in [-0.15, -0.1) is 17.3 Å². The fourth-order valence-electron chi connectivity index (χ4n) is 7.68. The molecule has 2 heterocycles. The fraction of sp³-hybridized carbons (Fsp3) is 0.727. The number of hydrogen-bond acceptors (Lipinski definition) is 62. The summed E-state index contributed by atoms with van der Waals surface area (Å²) in [6, 6.07) is 0.689. The summed E-state index contributed by atoms with van der Waals surface area (Å²) in [7, 11) is -107. The quantitative estimate of drug-likeness (QED) is 0.00721. The van der Waals surface area contributed by atoms with Gasteiger partial charge >= 0.3 is 157 Å². The van der Waals surface area contributed by atoms with E-state index in [1.165, 1.54) is 7.05 Å². The molecular weight excluding hydrogens is 1820 g/mol. The van der Waals surface area contributed by atoms with Crippen molar-refractivity contribution < 1.29 is 282 Å². The summed E-state index contributed by atoms with van der Waals surface area (Å²) in [5, 5.41) is 46.7. The number of ether oxygens (including phenoxy) is 2. The lowest BCUT2D eigenvalue weighted by molar-refractivity contribution is -0.591. The molecule has 1 aromatic rings. The molecule has 12 unspecified atom stereocenters. The molecule has 2 aliphatic heterocycles. The molecular formula is C22H51N2O63S10Si7. The third kappa shape index (κ3) is 30.2. The van der Waals surface area contributed by atoms with Crippen molar-refractivity contribution in [3.8, 4) is 5.75 Å². The lowest BCUT2D eigenvalue weighted by Gasteiger charge is -2.49. The Morgan fingerprint density at radius 1 is 0.577 bits per heavy atom. The van der Waals surface area contributed by atoms with Crippen LogP contribution in [0.4, 0.5) is 5.69 Å². The summed E-state index contributed by atoms with van der Waals surface area (Å²) in [5.41, 5.74) is -1.84. The summed E-state index contributed by atoms with van der Waals surface area (Å²) in [5.74, 6) is -0.981. The minimum absolute atomic E-state index is 0.262. The number of anilines is 1. The fourth-order valence-corrected chi connectivity index (χ4v) is 28.6. The molecule has 1 aromatic carbocycles. The van der Waals surface area contributed by atoms with E-state index in [1.807, 2.05) is 0 Å². The van der Waals surface area contributed by atoms with Gasteiger partial charge in [-0.3, -0.25) is 18.2 Å². The van der Waals surface area contributed by atoms with Crippen molar-refractivity contribution in [3.63, 3.8) is 0 Å². The van der Waals surface area contributed by atoms with E-state index in [0.717, 1.165) is 19.0 Å². The van der Waals surface area contributed by atoms with Crippen molar-refractivity contribution in [1.29, 1.82) is 0 Å². The van der Waals surface area contributed by atoms with Gasteiger partial charge in [0.1, 0.15) is 42.4 Å². The van der Waals surface area contributed by atoms with E-state index in [2.05, 4.69) is 95.7 Å². The van der Waals surface area contributed by atoms with E-state index in [-0.39, 0.29) is 6.07 Å². The molecule has 24 N–H and O–H groups in total. The topological polar surface area (TPSA) is 994 Å². The lowest BCUT2D eigenvalue weighted by atomic mass is 9.90. The summed E-state index contributed by atoms with van der Waals surface area (Å²) >= 11 is -0.824. The van der Waals surface area contributed by atoms with Crippen LogP contribution in [-0.2, 0) is 197 Å². The van der Waals surface area contributed by atoms with Crippen LogP contribution >= 0.6 is 12.0 Å². The van der Waals surface area contributed by atoms with Crippen LogP contribution in [0.2, 0.25) is 0 Å². The Morgan fingerprint density at radius 3 is 1.42 bits per heavy atom. The summed E-state index contributed by atoms with van der Waals surface area (Å²) in [6.07, 6.45) is -22.2. The van der Waals surface area contributed by atoms with E-state index in [0.29, 0.717) is 13.0 Å². The second-order valence-electron chi connectivity index (χ2n) is 18.0. The normalized spacial score (nSPS) is 24.7. The standard InChI is InChI=1S/C21H46NO63S10Si7.CH5N/c1-8-4-11(23)10(22(2)3)5-9(8)21(89(32,33)74-27)19(88(30,31)73-26)17(15(68-93(43,44)45)13(66-21)7-64-91(37,38)39)70-95(48,49)80-102(62,85-100(59,60)83-98(54,55)56)81-96(50)77-78-101(61,84-99(57,58)82-97(51,52)53)79-94(46,47)69-16-14(67-92(40,41)42)12(6-63-90(34,35)36)65-20(86-76-75-71-24)18(16)87(28,29)72-25;1-2/h4-5,12-20,23-27,50-62H,6-7H2,1-3H3,(H,34,35,36)(H,37,38,39)(H,40,41,42)(H,43,44,45);2H2,1H3. The van der Waals surface area contributed by atoms with Crippen LogP contribution in [0.3, 0.4) is 0 Å². The zero-order valence-electron chi connectivity index (χ0n) is 49.4. The van der Waals surface area contributed by atoms with Crippen LogP contribution in [0.5, 0.6) is 5.75 Å². The molecule has 1 radical (unpaired) electrons. The molecule has 2 aliphatic rings. The minimum atomic E-state index is -8.11. The molecule has 12 atom stereocenters. The predicted molar refractivity (Wildman–Crippen MR) is 306 cm³/mol. The Labute approximate surface area is 591 Å². The van der Waals surface area contributed by atoms with E-state index >= 15 is 0 Å². The maximum atomic E-state index is 14.3. The molecule has 2 fully saturated rings. The number of aryl methyl sites for hydroxylation is 1. The first-order chi connectivity index (χ1) is 46.5. The molecule has 615 valence electrons. The van der Waals surface area contributed by atoms with Gasteiger partial charge in [0.25, 0.3) is 0 Å². The largest absolute Gasteiger partial charge is 0.715 e. The number of hydrogen-bond donors (Lipinski definition) is 23. The number of aromatic hydroxyl groups is 1. The molecule has 104 heavy (non-hydrogen) atoms. The monoisotopic (exact) mass is 1870 g/mol. The van der Waals surface area contributed by atoms with Gasteiger partial charge in [0.05, 0.1) is 30.9 Å². The SMILES string of the molecule is CN.Cc1cc(O)c(N(C)C)cc1C1(S(=O)(=O)OO)OC(COS(=O)(=O)O)C(OS(=O)(=O)O)C(OS(=O)(=O)O[Si](O)(O[Si](O)OO[Si](O)(O[Si](O)(O)O[Si](O)(O)O)OS(=O)(=O)OC2C(OS(=O)(=O)O)C(COS(=O)(=O)O)OC(SOOOO)C2S(=O)(=O)OO)O[Si](O)(O)O[Si](O)(O)O)C1S(=O)(=O)OO. The first-order valence-corrected chi connectivity index (χ1v) is 48.6. The molecule has 2 saturated heterocycles. The van der Waals surface area contributed by atoms with Gasteiger partial charge in [-0.25, -0.2) is 63.0 Å². The van der Waals surface area contributed by atoms with Crippen molar-refractivity contribution in [3.05, 3.63) is 23.3 Å². The van der Waals surface area contributed by atoms with E-state index in [9.17, 15) is 173 Å². The lowest BCUT2D eigenvalue weighted by Crippen LogP contribution is -2.70. The number of nitrogens with two attached hydrogens (primary N) is 1. The highest BCUT2D eigenvalue weighted by Crippen LogP contribution is 2.52. The molecule has 0 aliphatic carbocycles. The van der Waals surface area contributed by atoms with Crippen molar-refractivity contribution >= 4 is 174 Å². The molecule has 0 aromatic heterocycles. The number of phenolic OH excluding ortho intramolecular Hbond substituents is 1. The van der Waals surface area contributed by atoms with Crippen molar-refractivity contribution in [2.45, 2.75) is 64.4 Å². The summed E-state index contributed by atoms with van der Waals surface area (Å²) in [4.78, 5) is 127. The highest BCUT2D eigenvalue weighted by Gasteiger charge is 2.73.